The van der Waals surface area contributed by atoms with E-state index in [1.807, 2.05) is 4.90 Å². The van der Waals surface area contributed by atoms with E-state index in [4.69, 9.17) is 0 Å². The van der Waals surface area contributed by atoms with Crippen LogP contribution >= 0.6 is 0 Å². The maximum atomic E-state index is 12.8. The fourth-order valence-electron chi connectivity index (χ4n) is 3.15. The first-order valence-electron chi connectivity index (χ1n) is 9.12. The van der Waals surface area contributed by atoms with Crippen LogP contribution in [0.1, 0.15) is 46.9 Å². The van der Waals surface area contributed by atoms with Crippen molar-refractivity contribution in [2.24, 2.45) is 0 Å². The van der Waals surface area contributed by atoms with Gasteiger partial charge in [0, 0.05) is 31.3 Å². The zero-order valence-electron chi connectivity index (χ0n) is 15.3. The van der Waals surface area contributed by atoms with Crippen LogP contribution in [-0.4, -0.2) is 35.7 Å². The molecule has 1 aliphatic heterocycles. The first-order chi connectivity index (χ1) is 13.0. The predicted molar refractivity (Wildman–Crippen MR) is 105 cm³/mol. The number of rotatable bonds is 4. The van der Waals surface area contributed by atoms with E-state index < -0.39 is 0 Å². The molecule has 0 aromatic heterocycles. The third-order valence-electron chi connectivity index (χ3n) is 4.52. The Hall–Kier alpha value is -3.15. The molecule has 27 heavy (non-hydrogen) atoms. The molecule has 0 saturated carbocycles. The Morgan fingerprint density at radius 3 is 2.19 bits per heavy atom. The summed E-state index contributed by atoms with van der Waals surface area (Å²) in [5.74, 6) is -0.521. The quantitative estimate of drug-likeness (QED) is 0.870. The van der Waals surface area contributed by atoms with Crippen LogP contribution in [0, 0.1) is 0 Å². The number of hydrogen-bond acceptors (Lipinski definition) is 3. The molecular formula is C21H23N3O3. The van der Waals surface area contributed by atoms with Gasteiger partial charge in [0.05, 0.1) is 11.3 Å². The standard InChI is InChI=1S/C21H23N3O3/c1-15(25)22-17-11-9-16(10-12-17)20(26)23-19-8-4-3-7-18(19)21(27)24-13-5-2-6-14-24/h3-4,7-12H,2,5-6,13-14H2,1H3,(H,22,25)(H,23,26). The largest absolute Gasteiger partial charge is 0.339 e. The van der Waals surface area contributed by atoms with Crippen LogP contribution in [-0.2, 0) is 4.79 Å². The van der Waals surface area contributed by atoms with Crippen molar-refractivity contribution >= 4 is 29.1 Å². The Morgan fingerprint density at radius 1 is 0.852 bits per heavy atom. The number of nitrogens with one attached hydrogen (secondary N) is 2. The van der Waals surface area contributed by atoms with Crippen molar-refractivity contribution in [3.05, 3.63) is 59.7 Å². The number of hydrogen-bond donors (Lipinski definition) is 2. The summed E-state index contributed by atoms with van der Waals surface area (Å²) in [7, 11) is 0. The first kappa shape index (κ1) is 18.6. The topological polar surface area (TPSA) is 78.5 Å². The van der Waals surface area contributed by atoms with Gasteiger partial charge < -0.3 is 15.5 Å². The summed E-state index contributed by atoms with van der Waals surface area (Å²) in [6.45, 7) is 2.94. The minimum Gasteiger partial charge on any atom is -0.339 e. The van der Waals surface area contributed by atoms with E-state index in [0.717, 1.165) is 32.4 Å². The number of benzene rings is 2. The van der Waals surface area contributed by atoms with Crippen molar-refractivity contribution in [2.75, 3.05) is 23.7 Å². The van der Waals surface area contributed by atoms with Gasteiger partial charge in [0.2, 0.25) is 5.91 Å². The van der Waals surface area contributed by atoms with Crippen LogP contribution in [0.5, 0.6) is 0 Å². The maximum Gasteiger partial charge on any atom is 0.255 e. The van der Waals surface area contributed by atoms with E-state index in [9.17, 15) is 14.4 Å². The molecule has 1 heterocycles. The summed E-state index contributed by atoms with van der Waals surface area (Å²) in [5, 5.41) is 5.49. The lowest BCUT2D eigenvalue weighted by Gasteiger charge is -2.27. The number of nitrogens with zero attached hydrogens (tertiary/aromatic N) is 1. The molecule has 2 N–H and O–H groups in total. The summed E-state index contributed by atoms with van der Waals surface area (Å²) in [6.07, 6.45) is 3.18. The third-order valence-corrected chi connectivity index (χ3v) is 4.52. The van der Waals surface area contributed by atoms with Crippen molar-refractivity contribution in [2.45, 2.75) is 26.2 Å². The van der Waals surface area contributed by atoms with Crippen LogP contribution in [0.3, 0.4) is 0 Å². The number of likely N-dealkylation sites (tertiary alicyclic amines) is 1. The fourth-order valence-corrected chi connectivity index (χ4v) is 3.15. The number of para-hydroxylation sites is 1. The van der Waals surface area contributed by atoms with Gasteiger partial charge >= 0.3 is 0 Å². The molecular weight excluding hydrogens is 342 g/mol. The van der Waals surface area contributed by atoms with Gasteiger partial charge in [0.15, 0.2) is 0 Å². The molecule has 6 heteroatoms. The molecule has 3 amide bonds. The number of carbonyl (C=O) groups is 3. The van der Waals surface area contributed by atoms with E-state index >= 15 is 0 Å². The lowest BCUT2D eigenvalue weighted by Crippen LogP contribution is -2.36. The summed E-state index contributed by atoms with van der Waals surface area (Å²) in [5.41, 5.74) is 2.08. The van der Waals surface area contributed by atoms with Gasteiger partial charge in [-0.3, -0.25) is 14.4 Å². The lowest BCUT2D eigenvalue weighted by atomic mass is 10.1. The van der Waals surface area contributed by atoms with Gasteiger partial charge in [0.25, 0.3) is 11.8 Å². The molecule has 0 radical (unpaired) electrons. The molecule has 3 rings (SSSR count). The highest BCUT2D eigenvalue weighted by Crippen LogP contribution is 2.21. The zero-order valence-corrected chi connectivity index (χ0v) is 15.3. The second-order valence-electron chi connectivity index (χ2n) is 6.61. The van der Waals surface area contributed by atoms with Gasteiger partial charge in [-0.15, -0.1) is 0 Å². The third kappa shape index (κ3) is 4.73. The molecule has 2 aromatic carbocycles. The first-order valence-corrected chi connectivity index (χ1v) is 9.12. The van der Waals surface area contributed by atoms with Gasteiger partial charge in [-0.25, -0.2) is 0 Å². The number of anilines is 2. The number of amides is 3. The van der Waals surface area contributed by atoms with Crippen molar-refractivity contribution < 1.29 is 14.4 Å². The Balaban J connectivity index is 1.74. The summed E-state index contributed by atoms with van der Waals surface area (Å²) in [4.78, 5) is 38.3. The molecule has 1 aliphatic rings. The molecule has 1 fully saturated rings. The predicted octanol–water partition coefficient (Wildman–Crippen LogP) is 3.52. The highest BCUT2D eigenvalue weighted by Gasteiger charge is 2.21. The maximum absolute atomic E-state index is 12.8. The summed E-state index contributed by atoms with van der Waals surface area (Å²) < 4.78 is 0. The average Bonchev–Trinajstić information content (AvgIpc) is 2.68. The van der Waals surface area contributed by atoms with Crippen LogP contribution in [0.25, 0.3) is 0 Å². The average molecular weight is 365 g/mol. The van der Waals surface area contributed by atoms with Crippen molar-refractivity contribution in [3.8, 4) is 0 Å². The molecule has 1 saturated heterocycles. The van der Waals surface area contributed by atoms with Gasteiger partial charge in [0.1, 0.15) is 0 Å². The molecule has 0 bridgehead atoms. The smallest absolute Gasteiger partial charge is 0.255 e. The molecule has 140 valence electrons. The van der Waals surface area contributed by atoms with E-state index in [1.54, 1.807) is 48.5 Å². The molecule has 6 nitrogen and oxygen atoms in total. The minimum atomic E-state index is -0.303. The van der Waals surface area contributed by atoms with E-state index in [2.05, 4.69) is 10.6 Å². The monoisotopic (exact) mass is 365 g/mol. The van der Waals surface area contributed by atoms with Gasteiger partial charge in [-0.2, -0.15) is 0 Å². The van der Waals surface area contributed by atoms with E-state index in [1.165, 1.54) is 6.92 Å². The number of carbonyl (C=O) groups excluding carboxylic acids is 3. The lowest BCUT2D eigenvalue weighted by molar-refractivity contribution is -0.114. The normalized spacial score (nSPS) is 13.7. The second-order valence-corrected chi connectivity index (χ2v) is 6.61. The van der Waals surface area contributed by atoms with Crippen molar-refractivity contribution in [3.63, 3.8) is 0 Å². The molecule has 0 spiro atoms. The van der Waals surface area contributed by atoms with Crippen molar-refractivity contribution in [1.29, 1.82) is 0 Å². The van der Waals surface area contributed by atoms with Crippen LogP contribution in [0.2, 0.25) is 0 Å². The van der Waals surface area contributed by atoms with Gasteiger partial charge in [-0.05, 0) is 55.7 Å². The van der Waals surface area contributed by atoms with Crippen molar-refractivity contribution in [1.82, 2.24) is 4.90 Å². The number of piperidine rings is 1. The summed E-state index contributed by atoms with van der Waals surface area (Å²) in [6, 6.07) is 13.7. The molecule has 0 unspecified atom stereocenters. The van der Waals surface area contributed by atoms with E-state index in [-0.39, 0.29) is 17.7 Å². The van der Waals surface area contributed by atoms with Crippen LogP contribution in [0.4, 0.5) is 11.4 Å². The Bertz CT molecular complexity index is 840. The molecule has 0 aliphatic carbocycles. The summed E-state index contributed by atoms with van der Waals surface area (Å²) >= 11 is 0. The Morgan fingerprint density at radius 2 is 1.52 bits per heavy atom. The highest BCUT2D eigenvalue weighted by molar-refractivity contribution is 6.09. The van der Waals surface area contributed by atoms with E-state index in [0.29, 0.717) is 22.5 Å². The molecule has 0 atom stereocenters. The Kier molecular flexibility index (Phi) is 5.86. The highest BCUT2D eigenvalue weighted by atomic mass is 16.2. The van der Waals surface area contributed by atoms with Gasteiger partial charge in [-0.1, -0.05) is 12.1 Å². The zero-order chi connectivity index (χ0) is 19.2. The minimum absolute atomic E-state index is 0.0494. The second kappa shape index (κ2) is 8.49. The SMILES string of the molecule is CC(=O)Nc1ccc(C(=O)Nc2ccccc2C(=O)N2CCCCC2)cc1. The van der Waals surface area contributed by atoms with Crippen LogP contribution in [0.15, 0.2) is 48.5 Å². The Labute approximate surface area is 158 Å². The molecule has 2 aromatic rings. The van der Waals surface area contributed by atoms with Crippen LogP contribution < -0.4 is 10.6 Å². The fraction of sp³-hybridized carbons (Fsp3) is 0.286.